The molecule has 2 aromatic carbocycles. The Labute approximate surface area is 168 Å². The van der Waals surface area contributed by atoms with Gasteiger partial charge in [-0.05, 0) is 42.5 Å². The van der Waals surface area contributed by atoms with Crippen LogP contribution in [0, 0.1) is 0 Å². The van der Waals surface area contributed by atoms with Gasteiger partial charge in [-0.2, -0.15) is 0 Å². The molecule has 0 fully saturated rings. The SMILES string of the molecule is CS(=O)(=O)Nc1ccc(OCCNCCSc2ccc(Cl)c(Cl)c2)cc1. The highest BCUT2D eigenvalue weighted by atomic mass is 35.5. The van der Waals surface area contributed by atoms with Gasteiger partial charge in [0.15, 0.2) is 0 Å². The standard InChI is InChI=1S/C17H20Cl2N2O3S2/c1-26(22,23)21-13-2-4-14(5-3-13)24-10-8-20-9-11-25-15-6-7-16(18)17(19)12-15/h2-7,12,20-21H,8-11H2,1H3. The number of nitrogens with one attached hydrogen (secondary N) is 2. The summed E-state index contributed by atoms with van der Waals surface area (Å²) in [4.78, 5) is 1.08. The summed E-state index contributed by atoms with van der Waals surface area (Å²) < 4.78 is 30.3. The van der Waals surface area contributed by atoms with Crippen molar-refractivity contribution in [3.05, 3.63) is 52.5 Å². The molecule has 0 radical (unpaired) electrons. The Bertz CT molecular complexity index is 815. The molecule has 0 heterocycles. The molecular formula is C17H20Cl2N2O3S2. The Morgan fingerprint density at radius 1 is 1.04 bits per heavy atom. The van der Waals surface area contributed by atoms with Crippen molar-refractivity contribution in [2.24, 2.45) is 0 Å². The maximum atomic E-state index is 11.1. The van der Waals surface area contributed by atoms with Gasteiger partial charge in [-0.15, -0.1) is 11.8 Å². The van der Waals surface area contributed by atoms with Crippen LogP contribution >= 0.6 is 35.0 Å². The van der Waals surface area contributed by atoms with E-state index in [0.717, 1.165) is 23.4 Å². The molecule has 2 rings (SSSR count). The molecule has 0 amide bonds. The minimum atomic E-state index is -3.26. The Morgan fingerprint density at radius 3 is 2.42 bits per heavy atom. The van der Waals surface area contributed by atoms with Crippen molar-refractivity contribution in [3.63, 3.8) is 0 Å². The molecular weight excluding hydrogens is 415 g/mol. The summed E-state index contributed by atoms with van der Waals surface area (Å²) in [6.45, 7) is 2.08. The molecule has 2 aromatic rings. The third kappa shape index (κ3) is 8.05. The van der Waals surface area contributed by atoms with E-state index in [4.69, 9.17) is 27.9 Å². The van der Waals surface area contributed by atoms with Gasteiger partial charge in [-0.25, -0.2) is 8.42 Å². The molecule has 142 valence electrons. The van der Waals surface area contributed by atoms with Gasteiger partial charge < -0.3 is 10.1 Å². The van der Waals surface area contributed by atoms with Crippen LogP contribution in [0.2, 0.25) is 10.0 Å². The highest BCUT2D eigenvalue weighted by molar-refractivity contribution is 7.99. The second-order valence-electron chi connectivity index (χ2n) is 5.42. The molecule has 0 unspecified atom stereocenters. The molecule has 0 spiro atoms. The average molecular weight is 435 g/mol. The van der Waals surface area contributed by atoms with Gasteiger partial charge in [0.05, 0.1) is 16.3 Å². The number of anilines is 1. The van der Waals surface area contributed by atoms with Crippen LogP contribution in [0.15, 0.2) is 47.4 Å². The van der Waals surface area contributed by atoms with Gasteiger partial charge in [0.25, 0.3) is 0 Å². The first kappa shape index (κ1) is 21.2. The summed E-state index contributed by atoms with van der Waals surface area (Å²) >= 11 is 13.6. The lowest BCUT2D eigenvalue weighted by Crippen LogP contribution is -2.23. The van der Waals surface area contributed by atoms with E-state index in [9.17, 15) is 8.42 Å². The van der Waals surface area contributed by atoms with Crippen molar-refractivity contribution in [3.8, 4) is 5.75 Å². The van der Waals surface area contributed by atoms with Gasteiger partial charge in [-0.1, -0.05) is 23.2 Å². The van der Waals surface area contributed by atoms with Crippen LogP contribution in [0.5, 0.6) is 5.75 Å². The second kappa shape index (κ2) is 10.3. The van der Waals surface area contributed by atoms with Crippen molar-refractivity contribution in [1.82, 2.24) is 5.32 Å². The largest absolute Gasteiger partial charge is 0.492 e. The molecule has 0 aliphatic heterocycles. The number of rotatable bonds is 10. The molecule has 9 heteroatoms. The fraction of sp³-hybridized carbons (Fsp3) is 0.294. The van der Waals surface area contributed by atoms with E-state index in [2.05, 4.69) is 10.0 Å². The first-order valence-electron chi connectivity index (χ1n) is 7.83. The van der Waals surface area contributed by atoms with E-state index in [1.165, 1.54) is 0 Å². The second-order valence-corrected chi connectivity index (χ2v) is 9.15. The van der Waals surface area contributed by atoms with Gasteiger partial charge in [0.2, 0.25) is 10.0 Å². The van der Waals surface area contributed by atoms with Crippen molar-refractivity contribution in [1.29, 1.82) is 0 Å². The van der Waals surface area contributed by atoms with Crippen LogP contribution < -0.4 is 14.8 Å². The lowest BCUT2D eigenvalue weighted by atomic mass is 10.3. The molecule has 2 N–H and O–H groups in total. The third-order valence-corrected chi connectivity index (χ3v) is 5.48. The minimum absolute atomic E-state index is 0.511. The Kier molecular flexibility index (Phi) is 8.37. The van der Waals surface area contributed by atoms with Crippen LogP contribution in [-0.4, -0.2) is 40.1 Å². The highest BCUT2D eigenvalue weighted by Crippen LogP contribution is 2.27. The summed E-state index contributed by atoms with van der Waals surface area (Å²) in [6, 6.07) is 12.4. The molecule has 26 heavy (non-hydrogen) atoms. The third-order valence-electron chi connectivity index (χ3n) is 3.14. The Balaban J connectivity index is 1.59. The fourth-order valence-electron chi connectivity index (χ4n) is 2.01. The highest BCUT2D eigenvalue weighted by Gasteiger charge is 2.02. The van der Waals surface area contributed by atoms with Gasteiger partial charge in [-0.3, -0.25) is 4.72 Å². The number of hydrogen-bond acceptors (Lipinski definition) is 5. The first-order valence-corrected chi connectivity index (χ1v) is 11.5. The van der Waals surface area contributed by atoms with E-state index in [-0.39, 0.29) is 0 Å². The van der Waals surface area contributed by atoms with E-state index in [0.29, 0.717) is 34.6 Å². The summed E-state index contributed by atoms with van der Waals surface area (Å²) in [5.74, 6) is 1.60. The van der Waals surface area contributed by atoms with Crippen LogP contribution in [0.25, 0.3) is 0 Å². The maximum Gasteiger partial charge on any atom is 0.229 e. The quantitative estimate of drug-likeness (QED) is 0.434. The maximum absolute atomic E-state index is 11.1. The molecule has 0 bridgehead atoms. The first-order chi connectivity index (χ1) is 12.3. The number of hydrogen-bond donors (Lipinski definition) is 2. The zero-order valence-corrected chi connectivity index (χ0v) is 17.3. The number of benzene rings is 2. The molecule has 0 saturated heterocycles. The topological polar surface area (TPSA) is 67.4 Å². The van der Waals surface area contributed by atoms with Crippen molar-refractivity contribution in [2.75, 3.05) is 36.4 Å². The van der Waals surface area contributed by atoms with Gasteiger partial charge >= 0.3 is 0 Å². The lowest BCUT2D eigenvalue weighted by Gasteiger charge is -2.09. The molecule has 0 saturated carbocycles. The fourth-order valence-corrected chi connectivity index (χ4v) is 3.78. The van der Waals surface area contributed by atoms with E-state index in [1.807, 2.05) is 12.1 Å². The normalized spacial score (nSPS) is 11.3. The summed E-state index contributed by atoms with van der Waals surface area (Å²) in [6.07, 6.45) is 1.11. The van der Waals surface area contributed by atoms with Gasteiger partial charge in [0, 0.05) is 29.4 Å². The predicted octanol–water partition coefficient (Wildman–Crippen LogP) is 4.13. The van der Waals surface area contributed by atoms with Crippen LogP contribution in [0.3, 0.4) is 0 Å². The minimum Gasteiger partial charge on any atom is -0.492 e. The average Bonchev–Trinajstić information content (AvgIpc) is 2.57. The monoisotopic (exact) mass is 434 g/mol. The number of sulfonamides is 1. The van der Waals surface area contributed by atoms with Crippen LogP contribution in [0.1, 0.15) is 0 Å². The van der Waals surface area contributed by atoms with E-state index < -0.39 is 10.0 Å². The number of halogens is 2. The molecule has 5 nitrogen and oxygen atoms in total. The van der Waals surface area contributed by atoms with E-state index >= 15 is 0 Å². The molecule has 0 aromatic heterocycles. The predicted molar refractivity (Wildman–Crippen MR) is 110 cm³/mol. The number of thioether (sulfide) groups is 1. The molecule has 0 atom stereocenters. The van der Waals surface area contributed by atoms with E-state index in [1.54, 1.807) is 42.1 Å². The Hall–Kier alpha value is -1.12. The summed E-state index contributed by atoms with van der Waals surface area (Å²) in [7, 11) is -3.26. The number of ether oxygens (including phenoxy) is 1. The molecule has 0 aliphatic rings. The van der Waals surface area contributed by atoms with Gasteiger partial charge in [0.1, 0.15) is 12.4 Å². The molecule has 0 aliphatic carbocycles. The zero-order chi connectivity index (χ0) is 19.0. The van der Waals surface area contributed by atoms with Crippen LogP contribution in [0.4, 0.5) is 5.69 Å². The smallest absolute Gasteiger partial charge is 0.229 e. The van der Waals surface area contributed by atoms with Crippen molar-refractivity contribution in [2.45, 2.75) is 4.90 Å². The Morgan fingerprint density at radius 2 is 1.77 bits per heavy atom. The lowest BCUT2D eigenvalue weighted by molar-refractivity contribution is 0.315. The van der Waals surface area contributed by atoms with Crippen molar-refractivity contribution < 1.29 is 13.2 Å². The summed E-state index contributed by atoms with van der Waals surface area (Å²) in [5.41, 5.74) is 0.511. The summed E-state index contributed by atoms with van der Waals surface area (Å²) in [5, 5.41) is 4.42. The zero-order valence-electron chi connectivity index (χ0n) is 14.2. The van der Waals surface area contributed by atoms with Crippen molar-refractivity contribution >= 4 is 50.7 Å². The van der Waals surface area contributed by atoms with Crippen LogP contribution in [-0.2, 0) is 10.0 Å².